The second-order valence-electron chi connectivity index (χ2n) is 5.44. The van der Waals surface area contributed by atoms with Gasteiger partial charge in [0.25, 0.3) is 5.91 Å². The highest BCUT2D eigenvalue weighted by Gasteiger charge is 2.15. The van der Waals surface area contributed by atoms with Gasteiger partial charge in [0.2, 0.25) is 0 Å². The molecule has 3 heteroatoms. The van der Waals surface area contributed by atoms with Crippen molar-refractivity contribution in [3.8, 4) is 0 Å². The van der Waals surface area contributed by atoms with Gasteiger partial charge in [0.15, 0.2) is 0 Å². The summed E-state index contributed by atoms with van der Waals surface area (Å²) in [6, 6.07) is 14.0. The van der Waals surface area contributed by atoms with Gasteiger partial charge in [-0.3, -0.25) is 4.79 Å². The van der Waals surface area contributed by atoms with E-state index in [2.05, 4.69) is 16.4 Å². The molecule has 0 saturated carbocycles. The Kier molecular flexibility index (Phi) is 3.26. The number of aromatic amines is 1. The number of para-hydroxylation sites is 1. The van der Waals surface area contributed by atoms with E-state index in [1.807, 2.05) is 57.2 Å². The highest BCUT2D eigenvalue weighted by atomic mass is 16.1. The minimum atomic E-state index is -0.101. The quantitative estimate of drug-likeness (QED) is 0.719. The van der Waals surface area contributed by atoms with Crippen LogP contribution in [0.5, 0.6) is 0 Å². The van der Waals surface area contributed by atoms with Crippen LogP contribution in [0.15, 0.2) is 42.5 Å². The smallest absolute Gasteiger partial charge is 0.272 e. The predicted molar refractivity (Wildman–Crippen MR) is 86.9 cm³/mol. The van der Waals surface area contributed by atoms with E-state index in [4.69, 9.17) is 0 Å². The molecule has 0 fully saturated rings. The maximum absolute atomic E-state index is 12.5. The minimum absolute atomic E-state index is 0.101. The van der Waals surface area contributed by atoms with E-state index in [0.717, 1.165) is 27.7 Å². The molecule has 2 aromatic carbocycles. The molecule has 0 spiro atoms. The number of aryl methyl sites for hydroxylation is 3. The van der Waals surface area contributed by atoms with Crippen LogP contribution in [0, 0.1) is 20.8 Å². The third-order valence-corrected chi connectivity index (χ3v) is 3.82. The summed E-state index contributed by atoms with van der Waals surface area (Å²) >= 11 is 0. The number of hydrogen-bond acceptors (Lipinski definition) is 1. The Hall–Kier alpha value is -2.55. The first-order valence-corrected chi connectivity index (χ1v) is 7.02. The molecule has 3 rings (SSSR count). The lowest BCUT2D eigenvalue weighted by Gasteiger charge is -2.08. The van der Waals surface area contributed by atoms with Gasteiger partial charge in [0.1, 0.15) is 5.69 Å². The highest BCUT2D eigenvalue weighted by Crippen LogP contribution is 2.23. The molecule has 0 unspecified atom stereocenters. The Morgan fingerprint density at radius 3 is 2.52 bits per heavy atom. The average molecular weight is 278 g/mol. The zero-order valence-corrected chi connectivity index (χ0v) is 12.4. The Morgan fingerprint density at radius 2 is 1.81 bits per heavy atom. The van der Waals surface area contributed by atoms with Crippen LogP contribution in [0.4, 0.5) is 5.69 Å². The first kappa shape index (κ1) is 13.4. The van der Waals surface area contributed by atoms with Crippen molar-refractivity contribution in [3.05, 3.63) is 64.8 Å². The monoisotopic (exact) mass is 278 g/mol. The van der Waals surface area contributed by atoms with Gasteiger partial charge in [-0.1, -0.05) is 35.9 Å². The molecule has 3 aromatic rings. The topological polar surface area (TPSA) is 44.9 Å². The number of anilines is 1. The van der Waals surface area contributed by atoms with Crippen LogP contribution < -0.4 is 5.32 Å². The molecule has 0 atom stereocenters. The van der Waals surface area contributed by atoms with Crippen LogP contribution in [0.3, 0.4) is 0 Å². The van der Waals surface area contributed by atoms with E-state index in [1.165, 1.54) is 5.56 Å². The molecule has 21 heavy (non-hydrogen) atoms. The Labute approximate surface area is 124 Å². The number of amides is 1. The van der Waals surface area contributed by atoms with Gasteiger partial charge in [-0.25, -0.2) is 0 Å². The maximum Gasteiger partial charge on any atom is 0.272 e. The number of fused-ring (bicyclic) bond motifs is 1. The molecule has 0 aliphatic carbocycles. The molecule has 1 amide bonds. The summed E-state index contributed by atoms with van der Waals surface area (Å²) in [5.74, 6) is -0.101. The van der Waals surface area contributed by atoms with Gasteiger partial charge in [-0.2, -0.15) is 0 Å². The summed E-state index contributed by atoms with van der Waals surface area (Å²) < 4.78 is 0. The van der Waals surface area contributed by atoms with Crippen LogP contribution in [0.25, 0.3) is 10.9 Å². The fourth-order valence-electron chi connectivity index (χ4n) is 2.65. The second kappa shape index (κ2) is 5.09. The van der Waals surface area contributed by atoms with Gasteiger partial charge < -0.3 is 10.3 Å². The van der Waals surface area contributed by atoms with Gasteiger partial charge in [-0.05, 0) is 44.0 Å². The fourth-order valence-corrected chi connectivity index (χ4v) is 2.65. The number of aromatic nitrogens is 1. The zero-order valence-electron chi connectivity index (χ0n) is 12.4. The van der Waals surface area contributed by atoms with Crippen LogP contribution >= 0.6 is 0 Å². The molecule has 0 aliphatic rings. The number of rotatable bonds is 2. The van der Waals surface area contributed by atoms with Crippen LogP contribution in [-0.4, -0.2) is 10.9 Å². The van der Waals surface area contributed by atoms with E-state index in [0.29, 0.717) is 5.69 Å². The summed E-state index contributed by atoms with van der Waals surface area (Å²) in [5, 5.41) is 4.07. The molecule has 0 radical (unpaired) electrons. The van der Waals surface area contributed by atoms with E-state index >= 15 is 0 Å². The van der Waals surface area contributed by atoms with Crippen LogP contribution in [-0.2, 0) is 0 Å². The standard InChI is InChI=1S/C18H18N2O/c1-11-8-9-15(12(2)10-11)20-18(21)17-13(3)14-6-4-5-7-16(14)19-17/h4-10,19H,1-3H3,(H,20,21). The molecule has 2 N–H and O–H groups in total. The molecular formula is C18H18N2O. The molecule has 0 saturated heterocycles. The molecule has 1 heterocycles. The van der Waals surface area contributed by atoms with E-state index in [9.17, 15) is 4.79 Å². The third kappa shape index (κ3) is 2.42. The molecule has 0 bridgehead atoms. The van der Waals surface area contributed by atoms with Crippen molar-refractivity contribution < 1.29 is 4.79 Å². The summed E-state index contributed by atoms with van der Waals surface area (Å²) in [6.45, 7) is 6.01. The predicted octanol–water partition coefficient (Wildman–Crippen LogP) is 4.35. The molecule has 106 valence electrons. The summed E-state index contributed by atoms with van der Waals surface area (Å²) in [4.78, 5) is 15.7. The minimum Gasteiger partial charge on any atom is -0.350 e. The normalized spacial score (nSPS) is 10.8. The summed E-state index contributed by atoms with van der Waals surface area (Å²) in [5.41, 5.74) is 5.69. The highest BCUT2D eigenvalue weighted by molar-refractivity contribution is 6.08. The fraction of sp³-hybridized carbons (Fsp3) is 0.167. The first-order valence-electron chi connectivity index (χ1n) is 7.02. The van der Waals surface area contributed by atoms with E-state index in [1.54, 1.807) is 0 Å². The molecule has 0 aliphatic heterocycles. The lowest BCUT2D eigenvalue weighted by atomic mass is 10.1. The summed E-state index contributed by atoms with van der Waals surface area (Å²) in [6.07, 6.45) is 0. The Balaban J connectivity index is 1.95. The molecule has 1 aromatic heterocycles. The van der Waals surface area contributed by atoms with Crippen molar-refractivity contribution in [2.24, 2.45) is 0 Å². The van der Waals surface area contributed by atoms with Crippen molar-refractivity contribution in [2.45, 2.75) is 20.8 Å². The van der Waals surface area contributed by atoms with Gasteiger partial charge in [-0.15, -0.1) is 0 Å². The van der Waals surface area contributed by atoms with Crippen molar-refractivity contribution in [2.75, 3.05) is 5.32 Å². The second-order valence-corrected chi connectivity index (χ2v) is 5.44. The van der Waals surface area contributed by atoms with Gasteiger partial charge >= 0.3 is 0 Å². The average Bonchev–Trinajstić information content (AvgIpc) is 2.80. The Bertz CT molecular complexity index is 830. The van der Waals surface area contributed by atoms with Gasteiger partial charge in [0, 0.05) is 16.6 Å². The molecular weight excluding hydrogens is 260 g/mol. The van der Waals surface area contributed by atoms with Crippen LogP contribution in [0.2, 0.25) is 0 Å². The lowest BCUT2D eigenvalue weighted by Crippen LogP contribution is -2.14. The first-order chi connectivity index (χ1) is 10.1. The maximum atomic E-state index is 12.5. The summed E-state index contributed by atoms with van der Waals surface area (Å²) in [7, 11) is 0. The van der Waals surface area contributed by atoms with Crippen molar-refractivity contribution >= 4 is 22.5 Å². The van der Waals surface area contributed by atoms with E-state index < -0.39 is 0 Å². The van der Waals surface area contributed by atoms with Gasteiger partial charge in [0.05, 0.1) is 0 Å². The Morgan fingerprint density at radius 1 is 1.05 bits per heavy atom. The number of H-pyrrole nitrogens is 1. The number of hydrogen-bond donors (Lipinski definition) is 2. The largest absolute Gasteiger partial charge is 0.350 e. The van der Waals surface area contributed by atoms with Crippen molar-refractivity contribution in [3.63, 3.8) is 0 Å². The van der Waals surface area contributed by atoms with Crippen LogP contribution in [0.1, 0.15) is 27.2 Å². The van der Waals surface area contributed by atoms with Crippen molar-refractivity contribution in [1.29, 1.82) is 0 Å². The van der Waals surface area contributed by atoms with Crippen molar-refractivity contribution in [1.82, 2.24) is 4.98 Å². The molecule has 3 nitrogen and oxygen atoms in total. The number of carbonyl (C=O) groups excluding carboxylic acids is 1. The number of carbonyl (C=O) groups is 1. The SMILES string of the molecule is Cc1ccc(NC(=O)c2[nH]c3ccccc3c2C)c(C)c1. The van der Waals surface area contributed by atoms with E-state index in [-0.39, 0.29) is 5.91 Å². The number of nitrogens with one attached hydrogen (secondary N) is 2. The zero-order chi connectivity index (χ0) is 15.0. The third-order valence-electron chi connectivity index (χ3n) is 3.82. The lowest BCUT2D eigenvalue weighted by molar-refractivity contribution is 0.102. The number of benzene rings is 2.